The Morgan fingerprint density at radius 1 is 0.308 bits per heavy atom. The molecule has 0 saturated heterocycles. The fourth-order valence-electron chi connectivity index (χ4n) is 9.15. The predicted molar refractivity (Wildman–Crippen MR) is 258 cm³/mol. The summed E-state index contributed by atoms with van der Waals surface area (Å²) in [6, 6.07) is 8.99. The monoisotopic (exact) mass is 1080 g/mol. The number of nitrogens with zero attached hydrogens (tertiary/aromatic N) is 4. The van der Waals surface area contributed by atoms with Gasteiger partial charge in [0, 0.05) is 110 Å². The van der Waals surface area contributed by atoms with Gasteiger partial charge in [-0.3, -0.25) is 0 Å². The molecule has 0 aromatic carbocycles. The number of methoxy groups -OCH3 is 8. The minimum Gasteiger partial charge on any atom is -0.657 e. The van der Waals surface area contributed by atoms with Crippen LogP contribution < -0.4 is 9.97 Å². The fraction of sp³-hybridized carbons (Fsp3) is 0.615. The molecule has 13 heteroatoms. The van der Waals surface area contributed by atoms with E-state index in [-0.39, 0.29) is 21.1 Å². The zero-order valence-corrected chi connectivity index (χ0v) is 42.9. The molecule has 5 heterocycles. The third-order valence-corrected chi connectivity index (χ3v) is 12.2. The number of fused-ring (bicyclic) bond motifs is 8. The maximum atomic E-state index is 5.61. The molecule has 65 heavy (non-hydrogen) atoms. The summed E-state index contributed by atoms with van der Waals surface area (Å²) >= 11 is 0. The molecule has 0 saturated carbocycles. The van der Waals surface area contributed by atoms with E-state index in [1.807, 2.05) is 0 Å². The molecule has 362 valence electrons. The van der Waals surface area contributed by atoms with Crippen molar-refractivity contribution in [2.75, 3.05) is 110 Å². The molecule has 0 spiro atoms. The molecule has 0 radical (unpaired) electrons. The average molecular weight is 1080 g/mol. The fourth-order valence-corrected chi connectivity index (χ4v) is 9.15. The molecule has 8 bridgehead atoms. The van der Waals surface area contributed by atoms with E-state index in [1.165, 1.54) is 44.5 Å². The van der Waals surface area contributed by atoms with Gasteiger partial charge in [-0.2, -0.15) is 0 Å². The minimum absolute atomic E-state index is 0. The van der Waals surface area contributed by atoms with Gasteiger partial charge in [0.1, 0.15) is 0 Å². The van der Waals surface area contributed by atoms with Crippen LogP contribution in [0.2, 0.25) is 0 Å². The normalized spacial score (nSPS) is 12.8. The maximum Gasteiger partial charge on any atom is 2.00 e. The van der Waals surface area contributed by atoms with Crippen molar-refractivity contribution in [1.29, 1.82) is 0 Å². The van der Waals surface area contributed by atoms with Crippen LogP contribution in [-0.4, -0.2) is 120 Å². The summed E-state index contributed by atoms with van der Waals surface area (Å²) < 4.78 is 44.8. The Labute approximate surface area is 403 Å². The second-order valence-corrected chi connectivity index (χ2v) is 16.7. The number of aromatic nitrogens is 4. The Kier molecular flexibility index (Phi) is 25.5. The van der Waals surface area contributed by atoms with Crippen LogP contribution in [0.15, 0.2) is 24.3 Å². The molecule has 0 atom stereocenters. The zero-order valence-electron chi connectivity index (χ0n) is 40.7. The second-order valence-electron chi connectivity index (χ2n) is 16.7. The summed E-state index contributed by atoms with van der Waals surface area (Å²) in [4.78, 5) is 22.2. The van der Waals surface area contributed by atoms with Crippen LogP contribution in [0.25, 0.3) is 44.4 Å². The van der Waals surface area contributed by atoms with Gasteiger partial charge in [-0.05, 0) is 125 Å². The van der Waals surface area contributed by atoms with Gasteiger partial charge in [-0.25, -0.2) is 9.97 Å². The minimum atomic E-state index is 0. The number of hydrogen-bond donors (Lipinski definition) is 0. The third-order valence-electron chi connectivity index (χ3n) is 12.2. The molecule has 0 aliphatic carbocycles. The van der Waals surface area contributed by atoms with Gasteiger partial charge in [-0.1, -0.05) is 46.5 Å². The summed E-state index contributed by atoms with van der Waals surface area (Å²) in [6.07, 6.45) is 13.6. The van der Waals surface area contributed by atoms with Crippen molar-refractivity contribution < 1.29 is 59.0 Å². The van der Waals surface area contributed by atoms with E-state index in [9.17, 15) is 0 Å². The first-order valence-corrected chi connectivity index (χ1v) is 23.5. The van der Waals surface area contributed by atoms with Crippen LogP contribution in [0, 0.1) is 0 Å². The van der Waals surface area contributed by atoms with Gasteiger partial charge in [0.2, 0.25) is 0 Å². The Morgan fingerprint density at radius 2 is 0.492 bits per heavy atom. The van der Waals surface area contributed by atoms with Gasteiger partial charge in [0.15, 0.2) is 0 Å². The first-order valence-electron chi connectivity index (χ1n) is 23.5. The molecule has 0 fully saturated rings. The van der Waals surface area contributed by atoms with Gasteiger partial charge in [0.05, 0.1) is 22.8 Å². The summed E-state index contributed by atoms with van der Waals surface area (Å²) in [5.41, 5.74) is 17.6. The van der Waals surface area contributed by atoms with Gasteiger partial charge in [-0.15, -0.1) is 22.1 Å². The molecule has 2 aliphatic heterocycles. The van der Waals surface area contributed by atoms with E-state index >= 15 is 0 Å². The predicted octanol–water partition coefficient (Wildman–Crippen LogP) is 9.41. The van der Waals surface area contributed by atoms with Crippen molar-refractivity contribution >= 4 is 44.4 Å². The zero-order chi connectivity index (χ0) is 45.5. The molecular weight excluding hydrogens is 1000 g/mol. The van der Waals surface area contributed by atoms with Gasteiger partial charge >= 0.3 is 21.1 Å². The number of aryl methyl sites for hydroxylation is 4. The summed E-state index contributed by atoms with van der Waals surface area (Å²) in [7, 11) is 14.2. The average Bonchev–Trinajstić information content (AvgIpc) is 3.99. The number of rotatable bonds is 32. The molecule has 12 nitrogen and oxygen atoms in total. The standard InChI is InChI=1S/C52H76N4O8.Pt/c1-57-25-9-17-37-38(18-10-26-58-2)46-34-48-41(21-13-29-61-5)42(22-14-30-62-6)50(55-48)36-52-44(24-16-32-64-8)43(23-15-31-63-7)51(56-52)35-49-40(20-12-28-60-4)39(19-11-27-59-3)47(54-49)33-45(37)53-46;/h33-36H,9-32H2,1-8H3;/q-2;+2. The van der Waals surface area contributed by atoms with Crippen LogP contribution in [0.4, 0.5) is 0 Å². The largest absolute Gasteiger partial charge is 2.00 e. The molecule has 3 aromatic rings. The second kappa shape index (κ2) is 30.4. The van der Waals surface area contributed by atoms with Crippen LogP contribution >= 0.6 is 0 Å². The summed E-state index contributed by atoms with van der Waals surface area (Å²) in [5.74, 6) is 0. The molecule has 3 aromatic heterocycles. The molecule has 0 N–H and O–H groups in total. The first kappa shape index (κ1) is 54.6. The quantitative estimate of drug-likeness (QED) is 0.0553. The molecule has 2 aliphatic rings. The number of allylic oxidation sites excluding steroid dienone is 4. The van der Waals surface area contributed by atoms with E-state index in [1.54, 1.807) is 56.9 Å². The van der Waals surface area contributed by atoms with Crippen molar-refractivity contribution in [3.63, 3.8) is 0 Å². The Bertz CT molecular complexity index is 1840. The smallest absolute Gasteiger partial charge is 0.657 e. The van der Waals surface area contributed by atoms with Gasteiger partial charge in [0.25, 0.3) is 0 Å². The third kappa shape index (κ3) is 15.5. The van der Waals surface area contributed by atoms with Crippen molar-refractivity contribution in [1.82, 2.24) is 19.9 Å². The molecular formula is C52H76N4O8Pt. The first-order chi connectivity index (χ1) is 31.5. The SMILES string of the molecule is COCCCC1=C(CCCOC)c2cc3[n-]c(cc4nc(cc5[n-]c(cc1n2)c(CCCOC)c5CCCOC)C(CCCOC)=C4CCCOC)c(CCCOC)c3CCCOC.[Pt+2]. The number of hydrogen-bond acceptors (Lipinski definition) is 10. The Morgan fingerprint density at radius 3 is 0.677 bits per heavy atom. The van der Waals surface area contributed by atoms with Crippen molar-refractivity contribution in [3.8, 4) is 0 Å². The van der Waals surface area contributed by atoms with E-state index in [2.05, 4.69) is 24.3 Å². The maximum absolute atomic E-state index is 5.61. The van der Waals surface area contributed by atoms with E-state index in [0.717, 1.165) is 148 Å². The van der Waals surface area contributed by atoms with E-state index in [0.29, 0.717) is 52.9 Å². The van der Waals surface area contributed by atoms with Crippen LogP contribution in [-0.2, 0) is 84.6 Å². The molecule has 5 rings (SSSR count). The van der Waals surface area contributed by atoms with Crippen LogP contribution in [0.3, 0.4) is 0 Å². The molecule has 0 unspecified atom stereocenters. The number of ether oxygens (including phenoxy) is 8. The summed E-state index contributed by atoms with van der Waals surface area (Å²) in [6.45, 7) is 5.28. The summed E-state index contributed by atoms with van der Waals surface area (Å²) in [5, 5.41) is 0. The van der Waals surface area contributed by atoms with E-state index < -0.39 is 0 Å². The van der Waals surface area contributed by atoms with Crippen molar-refractivity contribution in [2.24, 2.45) is 0 Å². The van der Waals surface area contributed by atoms with Crippen LogP contribution in [0.5, 0.6) is 0 Å². The Hall–Kier alpha value is -3.03. The van der Waals surface area contributed by atoms with E-state index in [4.69, 9.17) is 57.8 Å². The molecule has 0 amide bonds. The van der Waals surface area contributed by atoms with Crippen molar-refractivity contribution in [3.05, 3.63) is 69.3 Å². The van der Waals surface area contributed by atoms with Crippen molar-refractivity contribution in [2.45, 2.75) is 103 Å². The van der Waals surface area contributed by atoms with Crippen LogP contribution in [0.1, 0.15) is 122 Å². The Balaban J connectivity index is 0.00000925. The topological polar surface area (TPSA) is 128 Å². The van der Waals surface area contributed by atoms with Gasteiger partial charge < -0.3 is 47.9 Å².